The van der Waals surface area contributed by atoms with Gasteiger partial charge < -0.3 is 13.3 Å². The number of carbonyl (C=O) groups is 2. The van der Waals surface area contributed by atoms with E-state index >= 15 is 0 Å². The molecule has 0 aliphatic heterocycles. The number of nitriles is 2. The van der Waals surface area contributed by atoms with E-state index in [0.29, 0.717) is 0 Å². The van der Waals surface area contributed by atoms with E-state index < -0.39 is 19.9 Å². The average molecular weight is 312 g/mol. The molecule has 0 rings (SSSR count). The zero-order chi connectivity index (χ0) is 13.9. The molecule has 0 fully saturated rings. The molecule has 18 heavy (non-hydrogen) atoms. The van der Waals surface area contributed by atoms with Crippen molar-refractivity contribution in [3.8, 4) is 10.8 Å². The number of carbonyl (C=O) groups excluding carboxylic acids is 2. The topological polar surface area (TPSA) is 140 Å². The molecule has 0 saturated heterocycles. The Kier molecular flexibility index (Phi) is 15.9. The van der Waals surface area contributed by atoms with E-state index in [1.807, 2.05) is 0 Å². The van der Waals surface area contributed by atoms with Crippen LogP contribution in [0.2, 0.25) is 0 Å². The van der Waals surface area contributed by atoms with Crippen LogP contribution in [-0.2, 0) is 22.5 Å². The van der Waals surface area contributed by atoms with Crippen LogP contribution >= 0.6 is 32.1 Å². The van der Waals surface area contributed by atoms with Crippen molar-refractivity contribution in [1.82, 2.24) is 0 Å². The third-order valence-corrected chi connectivity index (χ3v) is 1.09. The van der Waals surface area contributed by atoms with Gasteiger partial charge in [0.1, 0.15) is 0 Å². The Morgan fingerprint density at radius 3 is 1.50 bits per heavy atom. The molecule has 0 atom stereocenters. The van der Waals surface area contributed by atoms with Crippen molar-refractivity contribution in [2.24, 2.45) is 0 Å². The Bertz CT molecular complexity index is 369. The molecule has 0 aromatic carbocycles. The fraction of sp³-hybridized carbons (Fsp3) is 0. The van der Waals surface area contributed by atoms with Crippen LogP contribution in [0.1, 0.15) is 0 Å². The van der Waals surface area contributed by atoms with E-state index in [2.05, 4.69) is 8.37 Å². The molecule has 0 aromatic heterocycles. The Morgan fingerprint density at radius 2 is 1.33 bits per heavy atom. The van der Waals surface area contributed by atoms with Crippen molar-refractivity contribution in [3.05, 3.63) is 0 Å². The molecule has 0 aliphatic carbocycles. The van der Waals surface area contributed by atoms with Gasteiger partial charge in [0.2, 0.25) is 0 Å². The van der Waals surface area contributed by atoms with Gasteiger partial charge >= 0.3 is 38.8 Å². The molecule has 14 heteroatoms. The van der Waals surface area contributed by atoms with Gasteiger partial charge in [-0.15, -0.1) is 0 Å². The van der Waals surface area contributed by atoms with Gasteiger partial charge in [0, 0.05) is 0 Å². The van der Waals surface area contributed by atoms with Crippen LogP contribution < -0.4 is 23.8 Å². The largest absolute Gasteiger partial charge is 1.00 e. The van der Waals surface area contributed by atoms with Gasteiger partial charge in [-0.25, -0.2) is 9.59 Å². The molecule has 0 bridgehead atoms. The van der Waals surface area contributed by atoms with Crippen molar-refractivity contribution in [1.29, 1.82) is 10.5 Å². The van der Waals surface area contributed by atoms with Crippen molar-refractivity contribution in [2.45, 2.75) is 0 Å². The first-order valence-corrected chi connectivity index (χ1v) is 5.85. The van der Waals surface area contributed by atoms with Crippen LogP contribution in [0.5, 0.6) is 0 Å². The van der Waals surface area contributed by atoms with Gasteiger partial charge in [-0.05, 0) is 0 Å². The molecular formula is C4F2LiN2O6PS2. The minimum absolute atomic E-state index is 0. The van der Waals surface area contributed by atoms with E-state index in [1.165, 1.54) is 10.8 Å². The number of halogens is 2. The molecule has 0 radical (unpaired) electrons. The number of nitrogens with zero attached hydrogens (tertiary/aromatic N) is 2. The molecular weight excluding hydrogens is 312 g/mol. The second-order valence-corrected chi connectivity index (χ2v) is 3.37. The molecule has 0 amide bonds. The van der Waals surface area contributed by atoms with Crippen LogP contribution in [0.15, 0.2) is 0 Å². The standard InChI is InChI=1S/C4N2O4S2.F2HO2P.Li/c5-1-11-9-3(7)4(8)10-12-2-6;1-5(2,3)4;/h;(H,3,4);/q;;+1/p-1. The zero-order valence-corrected chi connectivity index (χ0v) is 10.9. The summed E-state index contributed by atoms with van der Waals surface area (Å²) in [5.74, 6) is -2.66. The molecule has 0 N–H and O–H groups in total. The summed E-state index contributed by atoms with van der Waals surface area (Å²) in [6.07, 6.45) is 0. The minimum atomic E-state index is -5.89. The van der Waals surface area contributed by atoms with Gasteiger partial charge in [0.05, 0.1) is 0 Å². The van der Waals surface area contributed by atoms with E-state index in [9.17, 15) is 18.0 Å². The first-order valence-electron chi connectivity index (χ1n) is 2.96. The van der Waals surface area contributed by atoms with Gasteiger partial charge in [-0.3, -0.25) is 4.57 Å². The Balaban J connectivity index is -0.000000321. The molecule has 0 saturated carbocycles. The first kappa shape index (κ1) is 22.4. The maximum Gasteiger partial charge on any atom is 1.00 e. The predicted molar refractivity (Wildman–Crippen MR) is 48.4 cm³/mol. The fourth-order valence-electron chi connectivity index (χ4n) is 0.181. The molecule has 0 aromatic rings. The second-order valence-electron chi connectivity index (χ2n) is 1.51. The van der Waals surface area contributed by atoms with Crippen LogP contribution in [0.4, 0.5) is 8.39 Å². The van der Waals surface area contributed by atoms with E-state index in [-0.39, 0.29) is 42.9 Å². The van der Waals surface area contributed by atoms with Crippen LogP contribution in [0, 0.1) is 21.3 Å². The Labute approximate surface area is 120 Å². The fourth-order valence-corrected chi connectivity index (χ4v) is 0.543. The SMILES string of the molecule is N#CSOC(=O)C(=O)OSC#N.O=P([O-])(F)F.[Li+]. The van der Waals surface area contributed by atoms with Gasteiger partial charge in [-0.1, -0.05) is 0 Å². The van der Waals surface area contributed by atoms with Crippen LogP contribution in [0.3, 0.4) is 0 Å². The summed E-state index contributed by atoms with van der Waals surface area (Å²) in [6.45, 7) is 0. The van der Waals surface area contributed by atoms with Crippen LogP contribution in [-0.4, -0.2) is 11.9 Å². The second kappa shape index (κ2) is 12.7. The number of hydrogen-bond donors (Lipinski definition) is 0. The van der Waals surface area contributed by atoms with Crippen molar-refractivity contribution < 1.29 is 54.7 Å². The van der Waals surface area contributed by atoms with Gasteiger partial charge in [-0.2, -0.15) is 18.9 Å². The average Bonchev–Trinajstić information content (AvgIpc) is 2.20. The van der Waals surface area contributed by atoms with Gasteiger partial charge in [0.25, 0.3) is 0 Å². The smallest absolute Gasteiger partial charge is 0.749 e. The first-order chi connectivity index (χ1) is 7.72. The maximum absolute atomic E-state index is 10.4. The van der Waals surface area contributed by atoms with Gasteiger partial charge in [0.15, 0.2) is 34.9 Å². The third-order valence-electron chi connectivity index (χ3n) is 0.476. The van der Waals surface area contributed by atoms with E-state index in [0.717, 1.165) is 0 Å². The van der Waals surface area contributed by atoms with E-state index in [1.54, 1.807) is 0 Å². The minimum Gasteiger partial charge on any atom is -0.749 e. The molecule has 0 spiro atoms. The van der Waals surface area contributed by atoms with Crippen molar-refractivity contribution in [3.63, 3.8) is 0 Å². The summed E-state index contributed by atoms with van der Waals surface area (Å²) < 4.78 is 36.3. The molecule has 0 unspecified atom stereocenters. The summed E-state index contributed by atoms with van der Waals surface area (Å²) in [5, 5.41) is 18.6. The summed E-state index contributed by atoms with van der Waals surface area (Å²) in [5.41, 5.74) is 0. The maximum atomic E-state index is 10.4. The monoisotopic (exact) mass is 312 g/mol. The predicted octanol–water partition coefficient (Wildman–Crippen LogP) is -2.27. The van der Waals surface area contributed by atoms with E-state index in [4.69, 9.17) is 20.0 Å². The molecule has 94 valence electrons. The zero-order valence-electron chi connectivity index (χ0n) is 8.36. The Hall–Kier alpha value is -0.733. The summed E-state index contributed by atoms with van der Waals surface area (Å²) in [7, 11) is -5.89. The molecule has 0 heterocycles. The third kappa shape index (κ3) is 24.5. The summed E-state index contributed by atoms with van der Waals surface area (Å²) in [6, 6.07) is 0. The molecule has 8 nitrogen and oxygen atoms in total. The normalized spacial score (nSPS) is 8.28. The van der Waals surface area contributed by atoms with Crippen molar-refractivity contribution in [2.75, 3.05) is 0 Å². The quantitative estimate of drug-likeness (QED) is 0.180. The summed E-state index contributed by atoms with van der Waals surface area (Å²) >= 11 is 0.282. The van der Waals surface area contributed by atoms with Crippen molar-refractivity contribution >= 4 is 44.0 Å². The number of hydrogen-bond acceptors (Lipinski definition) is 10. The number of rotatable bonds is 2. The van der Waals surface area contributed by atoms with Crippen LogP contribution in [0.25, 0.3) is 0 Å². The summed E-state index contributed by atoms with van der Waals surface area (Å²) in [4.78, 5) is 29.2. The molecule has 0 aliphatic rings. The number of thiocyanates is 2. The Morgan fingerprint density at radius 1 is 1.11 bits per heavy atom.